The Morgan fingerprint density at radius 3 is 1.68 bits per heavy atom. The van der Waals surface area contributed by atoms with E-state index in [9.17, 15) is 14.4 Å². The third-order valence-electron chi connectivity index (χ3n) is 6.73. The molecule has 7 nitrogen and oxygen atoms in total. The molecule has 0 unspecified atom stereocenters. The number of fused-ring (bicyclic) bond motifs is 2. The van der Waals surface area contributed by atoms with Gasteiger partial charge < -0.3 is 14.7 Å². The molecule has 0 atom stereocenters. The molecule has 2 N–H and O–H groups in total. The van der Waals surface area contributed by atoms with Gasteiger partial charge in [-0.2, -0.15) is 0 Å². The predicted molar refractivity (Wildman–Crippen MR) is 143 cm³/mol. The van der Waals surface area contributed by atoms with Gasteiger partial charge in [-0.1, -0.05) is 48.5 Å². The standard InChI is InChI=1S/C30H23N3O4/c1-16-25(19-10-4-6-12-21(19)31-16)27-28(26-17(2)32-22-13-7-5-11-20(22)26)30(36)33(29(27)35)23-14-8-9-15-24(23)37-18(3)34/h4-15,31-32H,1-3H3. The van der Waals surface area contributed by atoms with Gasteiger partial charge in [0.2, 0.25) is 0 Å². The maximum absolute atomic E-state index is 14.3. The van der Waals surface area contributed by atoms with E-state index in [1.807, 2.05) is 62.4 Å². The Balaban J connectivity index is 1.67. The van der Waals surface area contributed by atoms with E-state index in [-0.39, 0.29) is 11.4 Å². The second-order valence-electron chi connectivity index (χ2n) is 9.10. The van der Waals surface area contributed by atoms with Gasteiger partial charge in [0.15, 0.2) is 5.75 Å². The summed E-state index contributed by atoms with van der Waals surface area (Å²) in [4.78, 5) is 48.2. The van der Waals surface area contributed by atoms with E-state index in [1.54, 1.807) is 24.3 Å². The molecule has 0 spiro atoms. The summed E-state index contributed by atoms with van der Waals surface area (Å²) in [7, 11) is 0. The first-order chi connectivity index (χ1) is 17.9. The van der Waals surface area contributed by atoms with E-state index in [2.05, 4.69) is 9.97 Å². The van der Waals surface area contributed by atoms with E-state index >= 15 is 0 Å². The Labute approximate surface area is 212 Å². The first-order valence-electron chi connectivity index (χ1n) is 11.9. The van der Waals surface area contributed by atoms with Crippen LogP contribution in [0.2, 0.25) is 0 Å². The minimum atomic E-state index is -0.542. The van der Waals surface area contributed by atoms with E-state index in [0.29, 0.717) is 22.3 Å². The molecule has 0 saturated heterocycles. The number of amides is 2. The summed E-state index contributed by atoms with van der Waals surface area (Å²) >= 11 is 0. The second-order valence-corrected chi connectivity index (χ2v) is 9.10. The molecule has 0 fully saturated rings. The van der Waals surface area contributed by atoms with Crippen LogP contribution in [-0.2, 0) is 14.4 Å². The van der Waals surface area contributed by atoms with Crippen LogP contribution in [-0.4, -0.2) is 27.8 Å². The van der Waals surface area contributed by atoms with Gasteiger partial charge >= 0.3 is 5.97 Å². The number of rotatable bonds is 4. The van der Waals surface area contributed by atoms with Crippen molar-refractivity contribution in [2.45, 2.75) is 20.8 Å². The molecule has 7 heteroatoms. The number of imide groups is 1. The molecule has 6 rings (SSSR count). The van der Waals surface area contributed by atoms with Gasteiger partial charge in [0.25, 0.3) is 11.8 Å². The van der Waals surface area contributed by atoms with Crippen molar-refractivity contribution in [2.24, 2.45) is 0 Å². The SMILES string of the molecule is CC(=O)Oc1ccccc1N1C(=O)C(c2c(C)[nH]c3ccccc23)=C(c2c(C)[nH]c3ccccc23)C1=O. The number of benzene rings is 3. The lowest BCUT2D eigenvalue weighted by atomic mass is 9.93. The number of ether oxygens (including phenoxy) is 1. The number of esters is 1. The number of nitrogens with one attached hydrogen (secondary N) is 2. The third kappa shape index (κ3) is 3.39. The first kappa shape index (κ1) is 22.5. The molecule has 3 heterocycles. The topological polar surface area (TPSA) is 95.3 Å². The summed E-state index contributed by atoms with van der Waals surface area (Å²) in [6, 6.07) is 22.0. The Hall–Kier alpha value is -4.91. The van der Waals surface area contributed by atoms with E-state index in [1.165, 1.54) is 6.92 Å². The Kier molecular flexibility index (Phi) is 5.08. The molecule has 1 aliphatic rings. The Bertz CT molecular complexity index is 1700. The predicted octanol–water partition coefficient (Wildman–Crippen LogP) is 5.68. The van der Waals surface area contributed by atoms with Gasteiger partial charge in [-0.15, -0.1) is 0 Å². The van der Waals surface area contributed by atoms with Crippen molar-refractivity contribution < 1.29 is 19.1 Å². The van der Waals surface area contributed by atoms with Crippen LogP contribution >= 0.6 is 0 Å². The van der Waals surface area contributed by atoms with Crippen molar-refractivity contribution in [3.8, 4) is 5.75 Å². The summed E-state index contributed by atoms with van der Waals surface area (Å²) < 4.78 is 5.38. The number of anilines is 1. The zero-order valence-corrected chi connectivity index (χ0v) is 20.5. The van der Waals surface area contributed by atoms with Gasteiger partial charge in [-0.05, 0) is 38.1 Å². The van der Waals surface area contributed by atoms with Crippen molar-refractivity contribution >= 4 is 56.4 Å². The van der Waals surface area contributed by atoms with Crippen LogP contribution in [0, 0.1) is 13.8 Å². The van der Waals surface area contributed by atoms with Gasteiger partial charge in [-0.25, -0.2) is 4.90 Å². The number of H-pyrrole nitrogens is 2. The number of para-hydroxylation sites is 4. The molecular weight excluding hydrogens is 466 g/mol. The molecular formula is C30H23N3O4. The summed E-state index contributed by atoms with van der Waals surface area (Å²) in [5, 5.41) is 1.70. The Morgan fingerprint density at radius 1 is 0.703 bits per heavy atom. The number of carbonyl (C=O) groups excluding carboxylic acids is 3. The fourth-order valence-corrected chi connectivity index (χ4v) is 5.29. The average Bonchev–Trinajstić information content (AvgIpc) is 3.46. The number of aromatic nitrogens is 2. The number of hydrogen-bond acceptors (Lipinski definition) is 4. The summed E-state index contributed by atoms with van der Waals surface area (Å²) in [5.41, 5.74) is 5.51. The summed E-state index contributed by atoms with van der Waals surface area (Å²) in [6.45, 7) is 5.08. The number of aromatic amines is 2. The molecule has 0 saturated carbocycles. The fraction of sp³-hybridized carbons (Fsp3) is 0.100. The van der Waals surface area contributed by atoms with Crippen molar-refractivity contribution in [1.82, 2.24) is 9.97 Å². The molecule has 182 valence electrons. The zero-order chi connectivity index (χ0) is 25.8. The maximum Gasteiger partial charge on any atom is 0.308 e. The number of carbonyl (C=O) groups is 3. The fourth-order valence-electron chi connectivity index (χ4n) is 5.29. The van der Waals surface area contributed by atoms with Crippen molar-refractivity contribution in [1.29, 1.82) is 0 Å². The second kappa shape index (κ2) is 8.34. The minimum absolute atomic E-state index is 0.142. The molecule has 2 aromatic heterocycles. The van der Waals surface area contributed by atoms with Gasteiger partial charge in [0, 0.05) is 51.2 Å². The van der Waals surface area contributed by atoms with Gasteiger partial charge in [0.1, 0.15) is 0 Å². The van der Waals surface area contributed by atoms with E-state index in [4.69, 9.17) is 4.74 Å². The molecule has 0 bridgehead atoms. The zero-order valence-electron chi connectivity index (χ0n) is 20.5. The molecule has 3 aromatic carbocycles. The molecule has 0 aliphatic carbocycles. The van der Waals surface area contributed by atoms with Crippen molar-refractivity contribution in [3.05, 3.63) is 95.3 Å². The highest BCUT2D eigenvalue weighted by Gasteiger charge is 2.44. The van der Waals surface area contributed by atoms with Crippen LogP contribution < -0.4 is 9.64 Å². The van der Waals surface area contributed by atoms with Crippen LogP contribution in [0.5, 0.6) is 5.75 Å². The molecule has 1 aliphatic heterocycles. The Morgan fingerprint density at radius 2 is 1.16 bits per heavy atom. The minimum Gasteiger partial charge on any atom is -0.424 e. The normalized spacial score (nSPS) is 13.9. The first-order valence-corrected chi connectivity index (χ1v) is 11.9. The smallest absolute Gasteiger partial charge is 0.308 e. The highest BCUT2D eigenvalue weighted by molar-refractivity contribution is 6.58. The van der Waals surface area contributed by atoms with E-state index < -0.39 is 17.8 Å². The summed E-state index contributed by atoms with van der Waals surface area (Å²) in [5.74, 6) is -1.35. The van der Waals surface area contributed by atoms with Crippen LogP contribution in [0.4, 0.5) is 5.69 Å². The molecule has 5 aromatic rings. The third-order valence-corrected chi connectivity index (χ3v) is 6.73. The van der Waals surface area contributed by atoms with Gasteiger partial charge in [0.05, 0.1) is 16.8 Å². The van der Waals surface area contributed by atoms with Crippen LogP contribution in [0.1, 0.15) is 29.4 Å². The molecule has 2 amide bonds. The lowest BCUT2D eigenvalue weighted by Crippen LogP contribution is -2.32. The van der Waals surface area contributed by atoms with Crippen LogP contribution in [0.25, 0.3) is 33.0 Å². The number of nitrogens with zero attached hydrogens (tertiary/aromatic N) is 1. The highest BCUT2D eigenvalue weighted by atomic mass is 16.5. The average molecular weight is 490 g/mol. The lowest BCUT2D eigenvalue weighted by Gasteiger charge is -2.18. The van der Waals surface area contributed by atoms with Gasteiger partial charge in [-0.3, -0.25) is 14.4 Å². The summed E-state index contributed by atoms with van der Waals surface area (Å²) in [6.07, 6.45) is 0. The highest BCUT2D eigenvalue weighted by Crippen LogP contribution is 2.45. The quantitative estimate of drug-likeness (QED) is 0.193. The largest absolute Gasteiger partial charge is 0.424 e. The number of hydrogen-bond donors (Lipinski definition) is 2. The van der Waals surface area contributed by atoms with Crippen molar-refractivity contribution in [3.63, 3.8) is 0 Å². The maximum atomic E-state index is 14.3. The van der Waals surface area contributed by atoms with Crippen LogP contribution in [0.15, 0.2) is 72.8 Å². The monoisotopic (exact) mass is 489 g/mol. The number of aryl methyl sites for hydroxylation is 2. The molecule has 37 heavy (non-hydrogen) atoms. The molecule has 0 radical (unpaired) electrons. The van der Waals surface area contributed by atoms with Crippen LogP contribution in [0.3, 0.4) is 0 Å². The lowest BCUT2D eigenvalue weighted by molar-refractivity contribution is -0.132. The van der Waals surface area contributed by atoms with E-state index in [0.717, 1.165) is 38.1 Å². The van der Waals surface area contributed by atoms with Crippen molar-refractivity contribution in [2.75, 3.05) is 4.90 Å².